The molecular weight excluding hydrogens is 220 g/mol. The molecule has 0 saturated carbocycles. The molecule has 0 fully saturated rings. The molecule has 0 radical (unpaired) electrons. The van der Waals surface area contributed by atoms with E-state index in [2.05, 4.69) is 17.6 Å². The molecule has 0 aliphatic heterocycles. The molecule has 0 saturated heterocycles. The Labute approximate surface area is 103 Å². The number of hydrogen-bond donors (Lipinski definition) is 3. The van der Waals surface area contributed by atoms with Gasteiger partial charge in [-0.3, -0.25) is 14.9 Å². The highest BCUT2D eigenvalue weighted by Crippen LogP contribution is 1.99. The molecule has 0 aliphatic rings. The van der Waals surface area contributed by atoms with E-state index in [1.165, 1.54) is 0 Å². The van der Waals surface area contributed by atoms with Crippen molar-refractivity contribution in [3.05, 3.63) is 0 Å². The first kappa shape index (κ1) is 15.9. The largest absolute Gasteiger partial charge is 0.480 e. The summed E-state index contributed by atoms with van der Waals surface area (Å²) in [7, 11) is 0. The lowest BCUT2D eigenvalue weighted by Gasteiger charge is -2.19. The number of carbonyl (C=O) groups excluding carboxylic acids is 1. The number of hydrogen-bond acceptors (Lipinski definition) is 3. The normalized spacial score (nSPS) is 14.1. The van der Waals surface area contributed by atoms with E-state index in [4.69, 9.17) is 5.11 Å². The second-order valence-corrected chi connectivity index (χ2v) is 4.21. The molecule has 3 N–H and O–H groups in total. The summed E-state index contributed by atoms with van der Waals surface area (Å²) < 4.78 is 0. The van der Waals surface area contributed by atoms with Crippen molar-refractivity contribution in [3.63, 3.8) is 0 Å². The molecular formula is C12H24N2O3. The molecule has 5 heteroatoms. The molecule has 2 atom stereocenters. The predicted molar refractivity (Wildman–Crippen MR) is 66.8 cm³/mol. The second-order valence-electron chi connectivity index (χ2n) is 4.21. The Morgan fingerprint density at radius 3 is 2.35 bits per heavy atom. The Kier molecular flexibility index (Phi) is 8.40. The molecule has 0 aromatic carbocycles. The highest BCUT2D eigenvalue weighted by atomic mass is 16.4. The summed E-state index contributed by atoms with van der Waals surface area (Å²) in [5, 5.41) is 14.6. The predicted octanol–water partition coefficient (Wildman–Crippen LogP) is 1.13. The number of rotatable bonds is 9. The van der Waals surface area contributed by atoms with Crippen LogP contribution in [0.1, 0.15) is 46.5 Å². The van der Waals surface area contributed by atoms with Crippen molar-refractivity contribution in [3.8, 4) is 0 Å². The van der Waals surface area contributed by atoms with Crippen LogP contribution in [-0.4, -0.2) is 35.6 Å². The number of unbranched alkanes of at least 4 members (excludes halogenated alkanes) is 1. The van der Waals surface area contributed by atoms with Gasteiger partial charge in [0.2, 0.25) is 5.91 Å². The maximum Gasteiger partial charge on any atom is 0.320 e. The van der Waals surface area contributed by atoms with Crippen molar-refractivity contribution in [1.82, 2.24) is 10.6 Å². The molecule has 2 unspecified atom stereocenters. The van der Waals surface area contributed by atoms with Crippen LogP contribution in [0.5, 0.6) is 0 Å². The fourth-order valence-corrected chi connectivity index (χ4v) is 1.49. The number of carbonyl (C=O) groups is 2. The Bertz CT molecular complexity index is 244. The number of aliphatic carboxylic acids is 1. The third-order valence-electron chi connectivity index (χ3n) is 2.55. The fourth-order valence-electron chi connectivity index (χ4n) is 1.49. The van der Waals surface area contributed by atoms with Crippen LogP contribution in [-0.2, 0) is 9.59 Å². The van der Waals surface area contributed by atoms with Crippen molar-refractivity contribution in [2.75, 3.05) is 6.54 Å². The molecule has 0 rings (SSSR count). The van der Waals surface area contributed by atoms with E-state index in [0.29, 0.717) is 13.0 Å². The van der Waals surface area contributed by atoms with E-state index in [1.807, 2.05) is 6.92 Å². The molecule has 0 bridgehead atoms. The smallest absolute Gasteiger partial charge is 0.320 e. The van der Waals surface area contributed by atoms with Gasteiger partial charge in [0.05, 0.1) is 6.04 Å². The zero-order chi connectivity index (χ0) is 13.3. The van der Waals surface area contributed by atoms with Crippen molar-refractivity contribution < 1.29 is 14.7 Å². The zero-order valence-corrected chi connectivity index (χ0v) is 11.0. The SMILES string of the molecule is CCCCNC(=O)C(C)NC(CCC)C(=O)O. The highest BCUT2D eigenvalue weighted by Gasteiger charge is 2.21. The quantitative estimate of drug-likeness (QED) is 0.531. The summed E-state index contributed by atoms with van der Waals surface area (Å²) in [6, 6.07) is -1.12. The van der Waals surface area contributed by atoms with E-state index in [-0.39, 0.29) is 5.91 Å². The van der Waals surface area contributed by atoms with Gasteiger partial charge in [-0.25, -0.2) is 0 Å². The number of nitrogens with one attached hydrogen (secondary N) is 2. The van der Waals surface area contributed by atoms with Crippen LogP contribution in [0.15, 0.2) is 0 Å². The van der Waals surface area contributed by atoms with Gasteiger partial charge >= 0.3 is 5.97 Å². The van der Waals surface area contributed by atoms with E-state index in [9.17, 15) is 9.59 Å². The monoisotopic (exact) mass is 244 g/mol. The maximum absolute atomic E-state index is 11.6. The van der Waals surface area contributed by atoms with Crippen LogP contribution in [0, 0.1) is 0 Å². The minimum Gasteiger partial charge on any atom is -0.480 e. The first-order valence-electron chi connectivity index (χ1n) is 6.29. The molecule has 0 aromatic heterocycles. The standard InChI is InChI=1S/C12H24N2O3/c1-4-6-8-13-11(15)9(3)14-10(7-5-2)12(16)17/h9-10,14H,4-8H2,1-3H3,(H,13,15)(H,16,17). The van der Waals surface area contributed by atoms with Crippen molar-refractivity contribution >= 4 is 11.9 Å². The van der Waals surface area contributed by atoms with Gasteiger partial charge in [-0.05, 0) is 19.8 Å². The van der Waals surface area contributed by atoms with Crippen LogP contribution in [0.4, 0.5) is 0 Å². The van der Waals surface area contributed by atoms with Crippen LogP contribution < -0.4 is 10.6 Å². The lowest BCUT2D eigenvalue weighted by atomic mass is 10.1. The molecule has 100 valence electrons. The first-order chi connectivity index (χ1) is 8.02. The van der Waals surface area contributed by atoms with Crippen LogP contribution in [0.3, 0.4) is 0 Å². The lowest BCUT2D eigenvalue weighted by Crippen LogP contribution is -2.49. The van der Waals surface area contributed by atoms with Gasteiger partial charge in [-0.15, -0.1) is 0 Å². The van der Waals surface area contributed by atoms with E-state index >= 15 is 0 Å². The summed E-state index contributed by atoms with van der Waals surface area (Å²) in [5.41, 5.74) is 0. The first-order valence-corrected chi connectivity index (χ1v) is 6.29. The summed E-state index contributed by atoms with van der Waals surface area (Å²) in [6.45, 7) is 6.30. The van der Waals surface area contributed by atoms with Gasteiger partial charge in [0.25, 0.3) is 0 Å². The maximum atomic E-state index is 11.6. The minimum atomic E-state index is -0.903. The van der Waals surface area contributed by atoms with Gasteiger partial charge < -0.3 is 10.4 Å². The van der Waals surface area contributed by atoms with E-state index in [0.717, 1.165) is 19.3 Å². The average Bonchev–Trinajstić information content (AvgIpc) is 2.28. The topological polar surface area (TPSA) is 78.4 Å². The Hall–Kier alpha value is -1.10. The highest BCUT2D eigenvalue weighted by molar-refractivity contribution is 5.82. The Morgan fingerprint density at radius 1 is 1.24 bits per heavy atom. The van der Waals surface area contributed by atoms with Gasteiger partial charge in [0.1, 0.15) is 6.04 Å². The Balaban J connectivity index is 4.06. The average molecular weight is 244 g/mol. The number of carboxylic acid groups (broad SMARTS) is 1. The third-order valence-corrected chi connectivity index (χ3v) is 2.55. The van der Waals surface area contributed by atoms with Crippen LogP contribution in [0.2, 0.25) is 0 Å². The van der Waals surface area contributed by atoms with Crippen LogP contribution >= 0.6 is 0 Å². The summed E-state index contributed by atoms with van der Waals surface area (Å²) >= 11 is 0. The summed E-state index contributed by atoms with van der Waals surface area (Å²) in [6.07, 6.45) is 3.27. The van der Waals surface area contributed by atoms with Gasteiger partial charge in [-0.2, -0.15) is 0 Å². The second kappa shape index (κ2) is 8.98. The fraction of sp³-hybridized carbons (Fsp3) is 0.833. The van der Waals surface area contributed by atoms with E-state index < -0.39 is 18.1 Å². The molecule has 1 amide bonds. The van der Waals surface area contributed by atoms with E-state index in [1.54, 1.807) is 6.92 Å². The summed E-state index contributed by atoms with van der Waals surface area (Å²) in [4.78, 5) is 22.5. The van der Waals surface area contributed by atoms with Gasteiger partial charge in [0.15, 0.2) is 0 Å². The molecule has 17 heavy (non-hydrogen) atoms. The molecule has 0 spiro atoms. The Morgan fingerprint density at radius 2 is 1.88 bits per heavy atom. The third kappa shape index (κ3) is 6.94. The minimum absolute atomic E-state index is 0.138. The van der Waals surface area contributed by atoms with Gasteiger partial charge in [0, 0.05) is 6.54 Å². The molecule has 5 nitrogen and oxygen atoms in total. The van der Waals surface area contributed by atoms with Crippen molar-refractivity contribution in [2.45, 2.75) is 58.5 Å². The van der Waals surface area contributed by atoms with Crippen molar-refractivity contribution in [1.29, 1.82) is 0 Å². The number of carboxylic acids is 1. The zero-order valence-electron chi connectivity index (χ0n) is 11.0. The van der Waals surface area contributed by atoms with Gasteiger partial charge in [-0.1, -0.05) is 26.7 Å². The van der Waals surface area contributed by atoms with Crippen LogP contribution in [0.25, 0.3) is 0 Å². The summed E-state index contributed by atoms with van der Waals surface area (Å²) in [5.74, 6) is -1.04. The van der Waals surface area contributed by atoms with Crippen molar-refractivity contribution in [2.24, 2.45) is 0 Å². The molecule has 0 aromatic rings. The lowest BCUT2D eigenvalue weighted by molar-refractivity contribution is -0.140. The molecule has 0 heterocycles. The number of amides is 1. The molecule has 0 aliphatic carbocycles.